The number of carbonyl (C=O) groups is 8. The van der Waals surface area contributed by atoms with Gasteiger partial charge in [0.25, 0.3) is 23.6 Å². The summed E-state index contributed by atoms with van der Waals surface area (Å²) in [6.45, 7) is 3.33. The number of hydrogen-bond donors (Lipinski definition) is 4. The molecule has 408 valence electrons. The Hall–Kier alpha value is -9.96. The number of halogens is 1. The van der Waals surface area contributed by atoms with E-state index < -0.39 is 65.2 Å². The molecular formula is C59H50FN11O10. The largest absolute Gasteiger partial charge is 0.494 e. The molecule has 0 spiro atoms. The minimum atomic E-state index is -1.08. The first kappa shape index (κ1) is 51.8. The van der Waals surface area contributed by atoms with Crippen LogP contribution >= 0.6 is 0 Å². The Morgan fingerprint density at radius 1 is 0.630 bits per heavy atom. The second kappa shape index (κ2) is 20.7. The van der Waals surface area contributed by atoms with E-state index >= 15 is 0 Å². The molecule has 0 radical (unpaired) electrons. The molecule has 0 bridgehead atoms. The van der Waals surface area contributed by atoms with Gasteiger partial charge in [-0.25, -0.2) is 9.37 Å². The average molecular weight is 1090 g/mol. The molecule has 2 atom stereocenters. The number of pyridine rings is 1. The summed E-state index contributed by atoms with van der Waals surface area (Å²) in [7, 11) is 3.23. The van der Waals surface area contributed by atoms with Gasteiger partial charge in [-0.1, -0.05) is 18.2 Å². The van der Waals surface area contributed by atoms with Crippen molar-refractivity contribution < 1.29 is 52.2 Å². The van der Waals surface area contributed by atoms with Crippen LogP contribution in [0.5, 0.6) is 5.75 Å². The number of rotatable bonds is 10. The molecule has 5 aliphatic heterocycles. The molecule has 21 nitrogen and oxygen atoms in total. The first-order valence-corrected chi connectivity index (χ1v) is 26.2. The van der Waals surface area contributed by atoms with Crippen LogP contribution < -0.4 is 26.0 Å². The van der Waals surface area contributed by atoms with Gasteiger partial charge in [0.2, 0.25) is 23.6 Å². The van der Waals surface area contributed by atoms with Crippen LogP contribution in [0, 0.1) is 12.7 Å². The second-order valence-electron chi connectivity index (χ2n) is 20.3. The van der Waals surface area contributed by atoms with Crippen molar-refractivity contribution in [3.05, 3.63) is 143 Å². The average Bonchev–Trinajstić information content (AvgIpc) is 4.38. The Bertz CT molecular complexity index is 4030. The monoisotopic (exact) mass is 1090 g/mol. The molecule has 8 aromatic rings. The lowest BCUT2D eigenvalue weighted by molar-refractivity contribution is -0.137. The molecule has 3 saturated heterocycles. The van der Waals surface area contributed by atoms with Gasteiger partial charge in [0.1, 0.15) is 12.1 Å². The lowest BCUT2D eigenvalue weighted by Crippen LogP contribution is -2.54. The van der Waals surface area contributed by atoms with Crippen molar-refractivity contribution in [2.45, 2.75) is 63.6 Å². The number of imidazole rings is 1. The zero-order valence-electron chi connectivity index (χ0n) is 43.9. The van der Waals surface area contributed by atoms with Crippen molar-refractivity contribution in [3.8, 4) is 28.0 Å². The standard InChI is InChI=1S/C31H28N6O5.C28H22FN5O5/c1-17-13-18(7-10-32-17)22-15-26-19(16-33-37(26)20-8-11-42-12-9-20)14-24(22)34-23-4-2-3-21-28(23)31(41)36(30(21)40)25-5-6-27(38)35-29(25)39;1-33-13-30-20-11-16(14-6-8-23(39-2)17(29)10-14)19(12-22(20)33)31-18-5-3-4-15-25(18)28(38)34(27(15)37)21-7-9-24(35)32-26(21)36/h2-4,7,10,13-16,20,25,34H,5-6,8-9,11-12H2,1H3,(H,35,38,39);3-6,8,10-13,21,31H,7,9H2,1-2H3,(H,32,35,36). The summed E-state index contributed by atoms with van der Waals surface area (Å²) in [5, 5.41) is 16.8. The zero-order chi connectivity index (χ0) is 56.4. The molecule has 0 aliphatic carbocycles. The van der Waals surface area contributed by atoms with E-state index in [1.165, 1.54) is 25.3 Å². The molecule has 5 aromatic carbocycles. The molecule has 13 rings (SSSR count). The van der Waals surface area contributed by atoms with Gasteiger partial charge < -0.3 is 24.7 Å². The predicted molar refractivity (Wildman–Crippen MR) is 292 cm³/mol. The van der Waals surface area contributed by atoms with E-state index in [-0.39, 0.29) is 59.7 Å². The first-order chi connectivity index (χ1) is 39.1. The number of aromatic nitrogens is 5. The summed E-state index contributed by atoms with van der Waals surface area (Å²) in [5.74, 6) is -4.96. The molecule has 22 heteroatoms. The van der Waals surface area contributed by atoms with Gasteiger partial charge in [-0.2, -0.15) is 5.10 Å². The number of anilines is 4. The lowest BCUT2D eigenvalue weighted by atomic mass is 10.0. The number of amides is 8. The summed E-state index contributed by atoms with van der Waals surface area (Å²) in [6.07, 6.45) is 7.27. The Balaban J connectivity index is 0.000000161. The van der Waals surface area contributed by atoms with Crippen LogP contribution in [0.3, 0.4) is 0 Å². The third-order valence-electron chi connectivity index (χ3n) is 15.3. The SMILES string of the molecule is COc1ccc(-c2cc3ncn(C)c3cc2Nc2cccc3c2C(=O)N(C2CCC(=O)NC2=O)C3=O)cc1F.Cc1cc(-c2cc3c(cnn3C3CCOCC3)cc2Nc2cccc3c2C(=O)N(C2CCC(=O)NC2=O)C3=O)ccn1. The summed E-state index contributed by atoms with van der Waals surface area (Å²) >= 11 is 0. The molecule has 4 N–H and O–H groups in total. The third kappa shape index (κ3) is 9.27. The van der Waals surface area contributed by atoms with Crippen LogP contribution in [0.2, 0.25) is 0 Å². The van der Waals surface area contributed by atoms with E-state index in [0.29, 0.717) is 46.9 Å². The van der Waals surface area contributed by atoms with Crippen LogP contribution in [0.25, 0.3) is 44.2 Å². The Labute approximate surface area is 460 Å². The van der Waals surface area contributed by atoms with Gasteiger partial charge in [-0.05, 0) is 117 Å². The number of piperidine rings is 2. The van der Waals surface area contributed by atoms with Crippen LogP contribution in [0.1, 0.15) is 91.7 Å². The molecule has 8 heterocycles. The van der Waals surface area contributed by atoms with Gasteiger partial charge in [0.05, 0.1) is 75.9 Å². The summed E-state index contributed by atoms with van der Waals surface area (Å²) in [4.78, 5) is 113. The molecule has 3 aromatic heterocycles. The maximum Gasteiger partial charge on any atom is 0.264 e. The number of aryl methyl sites for hydroxylation is 2. The molecule has 81 heavy (non-hydrogen) atoms. The number of fused-ring (bicyclic) bond motifs is 4. The minimum Gasteiger partial charge on any atom is -0.494 e. The quantitative estimate of drug-likeness (QED) is 0.0971. The van der Waals surface area contributed by atoms with Crippen molar-refractivity contribution in [2.24, 2.45) is 7.05 Å². The smallest absolute Gasteiger partial charge is 0.264 e. The van der Waals surface area contributed by atoms with E-state index in [2.05, 4.69) is 42.0 Å². The van der Waals surface area contributed by atoms with Crippen molar-refractivity contribution in [2.75, 3.05) is 31.0 Å². The Kier molecular flexibility index (Phi) is 13.2. The zero-order valence-corrected chi connectivity index (χ0v) is 43.9. The Morgan fingerprint density at radius 2 is 1.22 bits per heavy atom. The summed E-state index contributed by atoms with van der Waals surface area (Å²) in [6, 6.07) is 24.2. The van der Waals surface area contributed by atoms with E-state index in [4.69, 9.17) is 14.6 Å². The van der Waals surface area contributed by atoms with Crippen molar-refractivity contribution in [1.29, 1.82) is 0 Å². The molecule has 0 saturated carbocycles. The van der Waals surface area contributed by atoms with Gasteiger partial charge in [-0.3, -0.25) is 68.5 Å². The maximum absolute atomic E-state index is 14.7. The fourth-order valence-corrected chi connectivity index (χ4v) is 11.2. The van der Waals surface area contributed by atoms with E-state index in [1.807, 2.05) is 55.1 Å². The predicted octanol–water partition coefficient (Wildman–Crippen LogP) is 7.44. The highest BCUT2D eigenvalue weighted by Gasteiger charge is 2.47. The van der Waals surface area contributed by atoms with Crippen LogP contribution in [-0.2, 0) is 31.0 Å². The highest BCUT2D eigenvalue weighted by atomic mass is 19.1. The first-order valence-electron chi connectivity index (χ1n) is 26.2. The number of carbonyl (C=O) groups excluding carboxylic acids is 8. The van der Waals surface area contributed by atoms with Crippen LogP contribution in [-0.4, -0.2) is 114 Å². The van der Waals surface area contributed by atoms with Gasteiger partial charge >= 0.3 is 0 Å². The van der Waals surface area contributed by atoms with E-state index in [1.54, 1.807) is 48.9 Å². The topological polar surface area (TPSA) is 258 Å². The Morgan fingerprint density at radius 3 is 1.80 bits per heavy atom. The number of benzene rings is 5. The number of ether oxygens (including phenoxy) is 2. The molecule has 8 amide bonds. The minimum absolute atomic E-state index is 0.0292. The van der Waals surface area contributed by atoms with Crippen molar-refractivity contribution in [1.82, 2.24) is 44.7 Å². The summed E-state index contributed by atoms with van der Waals surface area (Å²) < 4.78 is 29.2. The maximum atomic E-state index is 14.7. The van der Waals surface area contributed by atoms with Gasteiger partial charge in [0, 0.05) is 72.9 Å². The van der Waals surface area contributed by atoms with E-state index in [0.717, 1.165) is 61.6 Å². The second-order valence-corrected chi connectivity index (χ2v) is 20.3. The van der Waals surface area contributed by atoms with Gasteiger partial charge in [-0.15, -0.1) is 0 Å². The molecule has 2 unspecified atom stereocenters. The van der Waals surface area contributed by atoms with Crippen LogP contribution in [0.4, 0.5) is 27.1 Å². The molecule has 3 fully saturated rings. The number of methoxy groups -OCH3 is 1. The highest BCUT2D eigenvalue weighted by Crippen LogP contribution is 2.42. The lowest BCUT2D eigenvalue weighted by Gasteiger charge is -2.27. The van der Waals surface area contributed by atoms with E-state index in [9.17, 15) is 42.7 Å². The number of hydrogen-bond acceptors (Lipinski definition) is 15. The van der Waals surface area contributed by atoms with Gasteiger partial charge in [0.15, 0.2) is 11.6 Å². The van der Waals surface area contributed by atoms with Crippen LogP contribution in [0.15, 0.2) is 110 Å². The third-order valence-corrected chi connectivity index (χ3v) is 15.3. The summed E-state index contributed by atoms with van der Waals surface area (Å²) in [5.41, 5.74) is 9.04. The van der Waals surface area contributed by atoms with Crippen molar-refractivity contribution in [3.63, 3.8) is 0 Å². The number of nitrogens with zero attached hydrogens (tertiary/aromatic N) is 7. The molecular weight excluding hydrogens is 1040 g/mol. The fraction of sp³-hybridized carbons (Fsp3) is 0.237. The highest BCUT2D eigenvalue weighted by molar-refractivity contribution is 6.27. The number of imide groups is 4. The normalized spacial score (nSPS) is 18.2. The number of nitrogens with one attached hydrogen (secondary N) is 4. The van der Waals surface area contributed by atoms with Crippen molar-refractivity contribution >= 4 is 91.9 Å². The fourth-order valence-electron chi connectivity index (χ4n) is 11.2. The molecule has 5 aliphatic rings.